The van der Waals surface area contributed by atoms with Gasteiger partial charge in [-0.15, -0.1) is 0 Å². The largest absolute Gasteiger partial charge is 0.485 e. The van der Waals surface area contributed by atoms with Gasteiger partial charge in [-0.3, -0.25) is 0 Å². The van der Waals surface area contributed by atoms with Crippen LogP contribution in [-0.4, -0.2) is 6.10 Å². The highest BCUT2D eigenvalue weighted by molar-refractivity contribution is 5.45. The minimum atomic E-state index is 0.0851. The van der Waals surface area contributed by atoms with Gasteiger partial charge in [-0.1, -0.05) is 39.0 Å². The fourth-order valence-electron chi connectivity index (χ4n) is 1.83. The van der Waals surface area contributed by atoms with Crippen LogP contribution in [-0.2, 0) is 4.74 Å². The lowest BCUT2D eigenvalue weighted by molar-refractivity contribution is 0.124. The van der Waals surface area contributed by atoms with Crippen molar-refractivity contribution in [3.8, 4) is 0 Å². The second-order valence-electron chi connectivity index (χ2n) is 5.18. The van der Waals surface area contributed by atoms with E-state index in [1.54, 1.807) is 0 Å². The first-order chi connectivity index (χ1) is 6.98. The molecule has 1 heterocycles. The van der Waals surface area contributed by atoms with Gasteiger partial charge in [0.05, 0.1) is 0 Å². The molecule has 0 fully saturated rings. The Morgan fingerprint density at radius 1 is 1.20 bits per heavy atom. The highest BCUT2D eigenvalue weighted by Crippen LogP contribution is 2.35. The zero-order valence-electron chi connectivity index (χ0n) is 9.87. The van der Waals surface area contributed by atoms with Crippen molar-refractivity contribution < 1.29 is 4.74 Å². The van der Waals surface area contributed by atoms with Gasteiger partial charge in [-0.2, -0.15) is 0 Å². The van der Waals surface area contributed by atoms with E-state index in [2.05, 4.69) is 52.0 Å². The van der Waals surface area contributed by atoms with E-state index in [1.807, 2.05) is 6.08 Å². The predicted molar refractivity (Wildman–Crippen MR) is 63.4 cm³/mol. The van der Waals surface area contributed by atoms with Crippen molar-refractivity contribution in [3.05, 3.63) is 47.3 Å². The monoisotopic (exact) mass is 202 g/mol. The maximum absolute atomic E-state index is 5.99. The van der Waals surface area contributed by atoms with Crippen molar-refractivity contribution >= 4 is 0 Å². The Bertz CT molecular complexity index is 386. The Morgan fingerprint density at radius 2 is 1.93 bits per heavy atom. The molecule has 1 atom stereocenters. The van der Waals surface area contributed by atoms with Crippen LogP contribution in [0, 0.1) is 5.41 Å². The molecule has 0 N–H and O–H groups in total. The Kier molecular flexibility index (Phi) is 2.34. The SMILES string of the molecule is CC1=C2C=CC=CC2OC(C(C)(C)C)=C1. The Labute approximate surface area is 91.8 Å². The second kappa shape index (κ2) is 3.41. The van der Waals surface area contributed by atoms with E-state index in [1.165, 1.54) is 11.1 Å². The lowest BCUT2D eigenvalue weighted by Crippen LogP contribution is -2.24. The highest BCUT2D eigenvalue weighted by atomic mass is 16.5. The van der Waals surface area contributed by atoms with Gasteiger partial charge in [0.25, 0.3) is 0 Å². The average molecular weight is 202 g/mol. The number of ether oxygens (including phenoxy) is 1. The molecule has 0 radical (unpaired) electrons. The van der Waals surface area contributed by atoms with E-state index in [0.717, 1.165) is 5.76 Å². The van der Waals surface area contributed by atoms with E-state index in [0.29, 0.717) is 0 Å². The van der Waals surface area contributed by atoms with Crippen LogP contribution >= 0.6 is 0 Å². The summed E-state index contributed by atoms with van der Waals surface area (Å²) in [5.74, 6) is 1.08. The van der Waals surface area contributed by atoms with Crippen LogP contribution in [0.25, 0.3) is 0 Å². The normalized spacial score (nSPS) is 24.8. The van der Waals surface area contributed by atoms with Crippen molar-refractivity contribution in [1.82, 2.24) is 0 Å². The maximum Gasteiger partial charge on any atom is 0.142 e. The Balaban J connectivity index is 2.40. The topological polar surface area (TPSA) is 9.23 Å². The van der Waals surface area contributed by atoms with Gasteiger partial charge >= 0.3 is 0 Å². The molecular weight excluding hydrogens is 184 g/mol. The minimum Gasteiger partial charge on any atom is -0.485 e. The molecule has 0 saturated heterocycles. The van der Waals surface area contributed by atoms with E-state index in [9.17, 15) is 0 Å². The molecule has 0 bridgehead atoms. The summed E-state index contributed by atoms with van der Waals surface area (Å²) in [6.45, 7) is 8.69. The summed E-state index contributed by atoms with van der Waals surface area (Å²) in [4.78, 5) is 0. The molecule has 2 rings (SSSR count). The molecule has 1 aliphatic carbocycles. The molecule has 0 aromatic rings. The van der Waals surface area contributed by atoms with E-state index >= 15 is 0 Å². The number of hydrogen-bond donors (Lipinski definition) is 0. The summed E-state index contributed by atoms with van der Waals surface area (Å²) < 4.78 is 5.99. The summed E-state index contributed by atoms with van der Waals surface area (Å²) >= 11 is 0. The fourth-order valence-corrected chi connectivity index (χ4v) is 1.83. The van der Waals surface area contributed by atoms with Crippen molar-refractivity contribution in [2.75, 3.05) is 0 Å². The average Bonchev–Trinajstić information content (AvgIpc) is 2.16. The van der Waals surface area contributed by atoms with Crippen LogP contribution in [0.1, 0.15) is 27.7 Å². The van der Waals surface area contributed by atoms with E-state index in [-0.39, 0.29) is 11.5 Å². The number of allylic oxidation sites excluding steroid dienone is 5. The first-order valence-corrected chi connectivity index (χ1v) is 5.43. The zero-order chi connectivity index (χ0) is 11.1. The number of rotatable bonds is 0. The van der Waals surface area contributed by atoms with Gasteiger partial charge in [0, 0.05) is 5.41 Å². The molecule has 0 saturated carbocycles. The third-order valence-corrected chi connectivity index (χ3v) is 2.78. The van der Waals surface area contributed by atoms with Crippen LogP contribution < -0.4 is 0 Å². The molecule has 1 heteroatoms. The first kappa shape index (κ1) is 10.3. The van der Waals surface area contributed by atoms with Crippen molar-refractivity contribution in [3.63, 3.8) is 0 Å². The summed E-state index contributed by atoms with van der Waals surface area (Å²) in [5.41, 5.74) is 2.68. The van der Waals surface area contributed by atoms with Gasteiger partial charge in [0.15, 0.2) is 0 Å². The van der Waals surface area contributed by atoms with Gasteiger partial charge in [0.2, 0.25) is 0 Å². The first-order valence-electron chi connectivity index (χ1n) is 5.43. The second-order valence-corrected chi connectivity index (χ2v) is 5.18. The quantitative estimate of drug-likeness (QED) is 0.581. The third-order valence-electron chi connectivity index (χ3n) is 2.78. The number of hydrogen-bond acceptors (Lipinski definition) is 1. The molecule has 0 aromatic carbocycles. The molecule has 1 unspecified atom stereocenters. The molecule has 1 aliphatic heterocycles. The Morgan fingerprint density at radius 3 is 2.60 bits per heavy atom. The molecule has 2 aliphatic rings. The van der Waals surface area contributed by atoms with Crippen LogP contribution in [0.5, 0.6) is 0 Å². The number of fused-ring (bicyclic) bond motifs is 1. The maximum atomic E-state index is 5.99. The minimum absolute atomic E-state index is 0.0851. The summed E-state index contributed by atoms with van der Waals surface area (Å²) in [7, 11) is 0. The van der Waals surface area contributed by atoms with Crippen molar-refractivity contribution in [2.24, 2.45) is 5.41 Å². The van der Waals surface area contributed by atoms with Gasteiger partial charge in [-0.05, 0) is 30.2 Å². The third kappa shape index (κ3) is 1.92. The summed E-state index contributed by atoms with van der Waals surface area (Å²) in [6, 6.07) is 0. The summed E-state index contributed by atoms with van der Waals surface area (Å²) in [6.07, 6.45) is 10.6. The fraction of sp³-hybridized carbons (Fsp3) is 0.429. The molecular formula is C14H18O. The summed E-state index contributed by atoms with van der Waals surface area (Å²) in [5, 5.41) is 0. The van der Waals surface area contributed by atoms with Crippen molar-refractivity contribution in [2.45, 2.75) is 33.8 Å². The molecule has 1 nitrogen and oxygen atoms in total. The molecule has 0 spiro atoms. The molecule has 15 heavy (non-hydrogen) atoms. The van der Waals surface area contributed by atoms with E-state index in [4.69, 9.17) is 4.74 Å². The van der Waals surface area contributed by atoms with Crippen molar-refractivity contribution in [1.29, 1.82) is 0 Å². The zero-order valence-corrected chi connectivity index (χ0v) is 9.87. The Hall–Kier alpha value is -1.24. The van der Waals surface area contributed by atoms with Gasteiger partial charge < -0.3 is 4.74 Å². The van der Waals surface area contributed by atoms with Crippen LogP contribution in [0.3, 0.4) is 0 Å². The lowest BCUT2D eigenvalue weighted by Gasteiger charge is -2.32. The lowest BCUT2D eigenvalue weighted by atomic mass is 9.88. The molecule has 0 aromatic heterocycles. The van der Waals surface area contributed by atoms with Crippen LogP contribution in [0.4, 0.5) is 0 Å². The molecule has 0 amide bonds. The smallest absolute Gasteiger partial charge is 0.142 e. The predicted octanol–water partition coefficient (Wildman–Crippen LogP) is 3.76. The van der Waals surface area contributed by atoms with Gasteiger partial charge in [0.1, 0.15) is 11.9 Å². The standard InChI is InChI=1S/C14H18O/c1-10-9-13(14(2,3)4)15-12-8-6-5-7-11(10)12/h5-9,12H,1-4H3. The highest BCUT2D eigenvalue weighted by Gasteiger charge is 2.27. The van der Waals surface area contributed by atoms with E-state index < -0.39 is 0 Å². The van der Waals surface area contributed by atoms with Gasteiger partial charge in [-0.25, -0.2) is 0 Å². The van der Waals surface area contributed by atoms with Crippen LogP contribution in [0.15, 0.2) is 47.3 Å². The van der Waals surface area contributed by atoms with Crippen LogP contribution in [0.2, 0.25) is 0 Å². The molecule has 80 valence electrons.